The van der Waals surface area contributed by atoms with Crippen LogP contribution in [0.15, 0.2) is 60.8 Å². The SMILES string of the molecule is CCCCC/C=C/CC/C=C/CC/C=C/C(O)C(COP(=O)([O-])OCC[N+](C)(C)C)NC(=O)CCCCCCCCCCCCCCCCCCC/C=C\C/C=C\CCCCCCCCCCCCCCCCC. The van der Waals surface area contributed by atoms with E-state index in [2.05, 4.69) is 67.8 Å². The summed E-state index contributed by atoms with van der Waals surface area (Å²) in [7, 11) is 1.24. The summed E-state index contributed by atoms with van der Waals surface area (Å²) >= 11 is 0. The van der Waals surface area contributed by atoms with Crippen molar-refractivity contribution in [3.8, 4) is 0 Å². The summed E-state index contributed by atoms with van der Waals surface area (Å²) in [5, 5.41) is 13.8. The largest absolute Gasteiger partial charge is 0.756 e. The molecule has 0 heterocycles. The molecule has 0 radical (unpaired) electrons. The average Bonchev–Trinajstić information content (AvgIpc) is 3.36. The van der Waals surface area contributed by atoms with Gasteiger partial charge in [0.25, 0.3) is 7.82 Å². The molecule has 0 rings (SSSR count). The van der Waals surface area contributed by atoms with Gasteiger partial charge in [0.05, 0.1) is 39.9 Å². The topological polar surface area (TPSA) is 108 Å². The van der Waals surface area contributed by atoms with Crippen molar-refractivity contribution in [1.29, 1.82) is 0 Å². The van der Waals surface area contributed by atoms with Crippen molar-refractivity contribution >= 4 is 13.7 Å². The molecule has 0 aliphatic heterocycles. The second-order valence-electron chi connectivity index (χ2n) is 22.7. The molecule has 0 aliphatic rings. The first-order chi connectivity index (χ1) is 36.0. The smallest absolute Gasteiger partial charge is 0.268 e. The number of allylic oxidation sites excluding steroid dienone is 9. The van der Waals surface area contributed by atoms with E-state index in [1.54, 1.807) is 6.08 Å². The van der Waals surface area contributed by atoms with Crippen molar-refractivity contribution in [1.82, 2.24) is 5.32 Å². The Morgan fingerprint density at radius 3 is 1.20 bits per heavy atom. The average molecular weight is 1060 g/mol. The zero-order valence-electron chi connectivity index (χ0n) is 49.5. The number of likely N-dealkylation sites (N-methyl/N-ethyl adjacent to an activating group) is 1. The minimum Gasteiger partial charge on any atom is -0.756 e. The molecule has 0 aliphatic carbocycles. The molecule has 434 valence electrons. The second kappa shape index (κ2) is 55.9. The Labute approximate surface area is 460 Å². The Balaban J connectivity index is 3.92. The first-order valence-electron chi connectivity index (χ1n) is 31.7. The number of hydrogen-bond acceptors (Lipinski definition) is 6. The molecule has 9 heteroatoms. The summed E-state index contributed by atoms with van der Waals surface area (Å²) in [5.41, 5.74) is 0. The standard InChI is InChI=1S/C65H123N2O6P/c1-6-8-10-12-14-16-18-20-21-22-23-24-25-26-27-28-29-30-31-32-33-34-35-36-37-38-39-40-41-42-43-44-45-47-49-51-53-55-57-59-65(69)66-63(62-73-74(70,71)72-61-60-67(3,4)5)64(68)58-56-54-52-50-48-46-19-17-15-13-11-9-7-2/h15,17,29-30,32-33,48,50,56,58,63-64,68H,6-14,16,18-28,31,34-47,49,51-55,57,59-62H2,1-5H3,(H-,66,69,70,71)/b17-15+,30-29-,33-32-,50-48+,58-56+. The van der Waals surface area contributed by atoms with Gasteiger partial charge in [-0.25, -0.2) is 0 Å². The number of amides is 1. The number of nitrogens with zero attached hydrogens (tertiary/aromatic N) is 1. The fraction of sp³-hybridized carbons (Fsp3) is 0.831. The lowest BCUT2D eigenvalue weighted by Crippen LogP contribution is -2.45. The maximum atomic E-state index is 12.9. The van der Waals surface area contributed by atoms with E-state index in [4.69, 9.17) is 9.05 Å². The van der Waals surface area contributed by atoms with Gasteiger partial charge in [-0.1, -0.05) is 274 Å². The van der Waals surface area contributed by atoms with E-state index in [9.17, 15) is 19.4 Å². The Morgan fingerprint density at radius 1 is 0.473 bits per heavy atom. The fourth-order valence-electron chi connectivity index (χ4n) is 9.22. The highest BCUT2D eigenvalue weighted by molar-refractivity contribution is 7.45. The van der Waals surface area contributed by atoms with Crippen LogP contribution in [0.3, 0.4) is 0 Å². The Morgan fingerprint density at radius 2 is 0.797 bits per heavy atom. The van der Waals surface area contributed by atoms with E-state index in [0.29, 0.717) is 17.4 Å². The summed E-state index contributed by atoms with van der Waals surface area (Å²) in [4.78, 5) is 25.4. The summed E-state index contributed by atoms with van der Waals surface area (Å²) < 4.78 is 23.3. The third-order valence-electron chi connectivity index (χ3n) is 14.2. The number of hydrogen-bond donors (Lipinski definition) is 2. The van der Waals surface area contributed by atoms with Gasteiger partial charge >= 0.3 is 0 Å². The molecule has 8 nitrogen and oxygen atoms in total. The summed E-state index contributed by atoms with van der Waals surface area (Å²) in [6.45, 7) is 4.60. The molecule has 0 saturated carbocycles. The summed E-state index contributed by atoms with van der Waals surface area (Å²) in [5.74, 6) is -0.211. The number of unbranched alkanes of at least 4 members (excludes halogenated alkanes) is 37. The predicted octanol–water partition coefficient (Wildman–Crippen LogP) is 19.0. The van der Waals surface area contributed by atoms with Crippen LogP contribution in [0.1, 0.15) is 296 Å². The number of aliphatic hydroxyl groups excluding tert-OH is 1. The molecule has 74 heavy (non-hydrogen) atoms. The van der Waals surface area contributed by atoms with E-state index < -0.39 is 26.6 Å². The maximum Gasteiger partial charge on any atom is 0.268 e. The number of nitrogens with one attached hydrogen (secondary N) is 1. The number of phosphoric ester groups is 1. The summed E-state index contributed by atoms with van der Waals surface area (Å²) in [6.07, 6.45) is 76.4. The molecule has 0 saturated heterocycles. The number of phosphoric acid groups is 1. The minimum absolute atomic E-state index is 0.00987. The van der Waals surface area contributed by atoms with Gasteiger partial charge in [-0.3, -0.25) is 9.36 Å². The zero-order valence-corrected chi connectivity index (χ0v) is 50.4. The van der Waals surface area contributed by atoms with Gasteiger partial charge in [0, 0.05) is 6.42 Å². The van der Waals surface area contributed by atoms with Gasteiger partial charge in [-0.2, -0.15) is 0 Å². The molecule has 0 fully saturated rings. The Kier molecular flexibility index (Phi) is 54.6. The van der Waals surface area contributed by atoms with Crippen LogP contribution in [0.2, 0.25) is 0 Å². The van der Waals surface area contributed by atoms with E-state index >= 15 is 0 Å². The molecule has 0 aromatic heterocycles. The number of aliphatic hydroxyl groups is 1. The normalized spacial score (nSPS) is 14.2. The molecule has 3 unspecified atom stereocenters. The molecule has 0 bridgehead atoms. The third-order valence-corrected chi connectivity index (χ3v) is 15.1. The molecule has 0 aromatic rings. The van der Waals surface area contributed by atoms with Gasteiger partial charge in [-0.05, 0) is 77.0 Å². The molecule has 2 N–H and O–H groups in total. The lowest BCUT2D eigenvalue weighted by molar-refractivity contribution is -0.870. The van der Waals surface area contributed by atoms with Crippen LogP contribution in [-0.4, -0.2) is 68.5 Å². The van der Waals surface area contributed by atoms with Crippen molar-refractivity contribution in [2.75, 3.05) is 40.9 Å². The van der Waals surface area contributed by atoms with Crippen LogP contribution in [0.5, 0.6) is 0 Å². The van der Waals surface area contributed by atoms with Crippen molar-refractivity contribution in [2.45, 2.75) is 309 Å². The van der Waals surface area contributed by atoms with E-state index in [1.165, 1.54) is 218 Å². The number of carbonyl (C=O) groups is 1. The fourth-order valence-corrected chi connectivity index (χ4v) is 9.94. The van der Waals surface area contributed by atoms with Crippen LogP contribution < -0.4 is 10.2 Å². The van der Waals surface area contributed by atoms with Crippen molar-refractivity contribution in [3.63, 3.8) is 0 Å². The zero-order chi connectivity index (χ0) is 54.2. The number of quaternary nitrogens is 1. The number of carbonyl (C=O) groups excluding carboxylic acids is 1. The van der Waals surface area contributed by atoms with Crippen LogP contribution >= 0.6 is 7.82 Å². The van der Waals surface area contributed by atoms with Gasteiger partial charge in [0.2, 0.25) is 5.91 Å². The molecule has 0 spiro atoms. The molecular weight excluding hydrogens is 936 g/mol. The third kappa shape index (κ3) is 57.9. The van der Waals surface area contributed by atoms with Gasteiger partial charge < -0.3 is 28.8 Å². The Bertz CT molecular complexity index is 1390. The monoisotopic (exact) mass is 1060 g/mol. The lowest BCUT2D eigenvalue weighted by Gasteiger charge is -2.29. The quantitative estimate of drug-likeness (QED) is 0.0272. The molecular formula is C65H123N2O6P. The van der Waals surface area contributed by atoms with Crippen LogP contribution in [0.4, 0.5) is 0 Å². The maximum absolute atomic E-state index is 12.9. The van der Waals surface area contributed by atoms with Crippen molar-refractivity contribution < 1.29 is 32.9 Å². The van der Waals surface area contributed by atoms with Crippen molar-refractivity contribution in [2.24, 2.45) is 0 Å². The van der Waals surface area contributed by atoms with Gasteiger partial charge in [-0.15, -0.1) is 0 Å². The highest BCUT2D eigenvalue weighted by Crippen LogP contribution is 2.38. The molecule has 0 aromatic carbocycles. The van der Waals surface area contributed by atoms with Crippen LogP contribution in [-0.2, 0) is 18.4 Å². The van der Waals surface area contributed by atoms with E-state index in [0.717, 1.165) is 57.8 Å². The van der Waals surface area contributed by atoms with E-state index in [-0.39, 0.29) is 12.5 Å². The van der Waals surface area contributed by atoms with Gasteiger partial charge in [0.15, 0.2) is 0 Å². The number of rotatable bonds is 58. The first kappa shape index (κ1) is 72.2. The van der Waals surface area contributed by atoms with Gasteiger partial charge in [0.1, 0.15) is 13.2 Å². The second-order valence-corrected chi connectivity index (χ2v) is 24.2. The highest BCUT2D eigenvalue weighted by atomic mass is 31.2. The summed E-state index contributed by atoms with van der Waals surface area (Å²) in [6, 6.07) is -0.910. The molecule has 3 atom stereocenters. The van der Waals surface area contributed by atoms with E-state index in [1.807, 2.05) is 27.2 Å². The first-order valence-corrected chi connectivity index (χ1v) is 33.1. The Hall–Kier alpha value is -1.80. The highest BCUT2D eigenvalue weighted by Gasteiger charge is 2.23. The van der Waals surface area contributed by atoms with Crippen LogP contribution in [0.25, 0.3) is 0 Å². The predicted molar refractivity (Wildman–Crippen MR) is 321 cm³/mol. The lowest BCUT2D eigenvalue weighted by atomic mass is 10.0. The minimum atomic E-state index is -4.61. The van der Waals surface area contributed by atoms with Crippen LogP contribution in [0, 0.1) is 0 Å². The van der Waals surface area contributed by atoms with Crippen molar-refractivity contribution in [3.05, 3.63) is 60.8 Å². The molecule has 1 amide bonds.